The number of benzene rings is 3. The van der Waals surface area contributed by atoms with E-state index in [0.717, 1.165) is 10.9 Å². The lowest BCUT2D eigenvalue weighted by atomic mass is 10.0. The van der Waals surface area contributed by atoms with Gasteiger partial charge in [0.1, 0.15) is 16.3 Å². The van der Waals surface area contributed by atoms with E-state index in [9.17, 15) is 18.1 Å². The number of hydrogen-bond acceptors (Lipinski definition) is 5. The zero-order valence-corrected chi connectivity index (χ0v) is 15.4. The molecule has 0 aliphatic carbocycles. The summed E-state index contributed by atoms with van der Waals surface area (Å²) in [5.74, 6) is -0.0238. The van der Waals surface area contributed by atoms with E-state index in [-0.39, 0.29) is 22.0 Å². The molecule has 0 atom stereocenters. The van der Waals surface area contributed by atoms with E-state index in [1.54, 1.807) is 26.0 Å². The molecule has 26 heavy (non-hydrogen) atoms. The van der Waals surface area contributed by atoms with Gasteiger partial charge in [0.15, 0.2) is 5.75 Å². The van der Waals surface area contributed by atoms with Crippen molar-refractivity contribution in [3.63, 3.8) is 0 Å². The minimum Gasteiger partial charge on any atom is -0.505 e. The van der Waals surface area contributed by atoms with Gasteiger partial charge >= 0.3 is 0 Å². The molecule has 7 heteroatoms. The SMILES string of the molecule is Cc1ccc(N=Nc2c(C)cc3cc(C)ccc3c2O)c(S(=O)(=O)O)c1. The molecule has 0 aromatic heterocycles. The predicted molar refractivity (Wildman–Crippen MR) is 100 cm³/mol. The summed E-state index contributed by atoms with van der Waals surface area (Å²) in [6.45, 7) is 5.46. The van der Waals surface area contributed by atoms with Crippen LogP contribution in [0.4, 0.5) is 11.4 Å². The lowest BCUT2D eigenvalue weighted by molar-refractivity contribution is 0.482. The van der Waals surface area contributed by atoms with E-state index in [2.05, 4.69) is 10.2 Å². The van der Waals surface area contributed by atoms with Crippen molar-refractivity contribution in [1.82, 2.24) is 0 Å². The fraction of sp³-hybridized carbons (Fsp3) is 0.158. The molecule has 0 saturated heterocycles. The second-order valence-electron chi connectivity index (χ2n) is 6.26. The smallest absolute Gasteiger partial charge is 0.296 e. The van der Waals surface area contributed by atoms with Gasteiger partial charge in [0.05, 0.1) is 0 Å². The van der Waals surface area contributed by atoms with Crippen molar-refractivity contribution in [2.75, 3.05) is 0 Å². The van der Waals surface area contributed by atoms with Crippen LogP contribution in [0, 0.1) is 20.8 Å². The van der Waals surface area contributed by atoms with E-state index >= 15 is 0 Å². The first kappa shape index (κ1) is 18.0. The summed E-state index contributed by atoms with van der Waals surface area (Å²) in [5.41, 5.74) is 2.69. The van der Waals surface area contributed by atoms with Crippen LogP contribution in [0.2, 0.25) is 0 Å². The number of nitrogens with zero attached hydrogens (tertiary/aromatic N) is 2. The molecule has 2 N–H and O–H groups in total. The third kappa shape index (κ3) is 3.44. The highest BCUT2D eigenvalue weighted by atomic mass is 32.2. The van der Waals surface area contributed by atoms with Crippen LogP contribution in [-0.2, 0) is 10.1 Å². The van der Waals surface area contributed by atoms with Gasteiger partial charge in [-0.3, -0.25) is 4.55 Å². The standard InChI is InChI=1S/C19H18N2O4S/c1-11-4-6-15-14(8-11)10-13(3)18(19(15)22)21-20-16-7-5-12(2)9-17(16)26(23,24)25/h4-10,22H,1-3H3,(H,23,24,25). The fourth-order valence-electron chi connectivity index (χ4n) is 2.77. The van der Waals surface area contributed by atoms with Crippen molar-refractivity contribution in [1.29, 1.82) is 0 Å². The molecule has 0 fully saturated rings. The monoisotopic (exact) mass is 370 g/mol. The summed E-state index contributed by atoms with van der Waals surface area (Å²) in [6.07, 6.45) is 0. The summed E-state index contributed by atoms with van der Waals surface area (Å²) in [5, 5.41) is 20.1. The van der Waals surface area contributed by atoms with Crippen molar-refractivity contribution in [2.45, 2.75) is 25.7 Å². The average Bonchev–Trinajstić information content (AvgIpc) is 2.54. The second-order valence-corrected chi connectivity index (χ2v) is 7.65. The number of hydrogen-bond donors (Lipinski definition) is 2. The number of phenols is 1. The van der Waals surface area contributed by atoms with Gasteiger partial charge in [-0.05, 0) is 55.5 Å². The van der Waals surface area contributed by atoms with Crippen molar-refractivity contribution in [2.24, 2.45) is 10.2 Å². The minimum atomic E-state index is -4.44. The van der Waals surface area contributed by atoms with Gasteiger partial charge in [-0.1, -0.05) is 29.8 Å². The Kier molecular flexibility index (Phi) is 4.52. The van der Waals surface area contributed by atoms with E-state index in [0.29, 0.717) is 16.5 Å². The van der Waals surface area contributed by atoms with Crippen molar-refractivity contribution < 1.29 is 18.1 Å². The summed E-state index contributed by atoms with van der Waals surface area (Å²) >= 11 is 0. The maximum absolute atomic E-state index is 11.6. The molecule has 0 spiro atoms. The van der Waals surface area contributed by atoms with Crippen molar-refractivity contribution >= 4 is 32.3 Å². The largest absolute Gasteiger partial charge is 0.505 e. The first-order valence-electron chi connectivity index (χ1n) is 7.89. The molecule has 0 heterocycles. The topological polar surface area (TPSA) is 99.3 Å². The summed E-state index contributed by atoms with van der Waals surface area (Å²) in [4.78, 5) is -0.324. The van der Waals surface area contributed by atoms with Crippen LogP contribution < -0.4 is 0 Å². The van der Waals surface area contributed by atoms with Crippen LogP contribution in [-0.4, -0.2) is 18.1 Å². The molecule has 0 bridgehead atoms. The van der Waals surface area contributed by atoms with Gasteiger partial charge in [0, 0.05) is 5.39 Å². The number of azo groups is 1. The first-order chi connectivity index (χ1) is 12.2. The lowest BCUT2D eigenvalue weighted by Crippen LogP contribution is -1.98. The Morgan fingerprint density at radius 3 is 2.23 bits per heavy atom. The molecule has 6 nitrogen and oxygen atoms in total. The van der Waals surface area contributed by atoms with Gasteiger partial charge in [0.2, 0.25) is 0 Å². The second kappa shape index (κ2) is 6.51. The Bertz CT molecular complexity index is 1150. The fourth-order valence-corrected chi connectivity index (χ4v) is 3.48. The van der Waals surface area contributed by atoms with Gasteiger partial charge in [-0.2, -0.15) is 8.42 Å². The summed E-state index contributed by atoms with van der Waals surface area (Å²) < 4.78 is 32.5. The predicted octanol–water partition coefficient (Wildman–Crippen LogP) is 5.13. The molecule has 3 aromatic carbocycles. The number of aryl methyl sites for hydroxylation is 3. The molecule has 0 saturated carbocycles. The first-order valence-corrected chi connectivity index (χ1v) is 9.33. The molecule has 0 aliphatic heterocycles. The molecule has 3 aromatic rings. The Labute approximate surface area is 151 Å². The molecule has 0 radical (unpaired) electrons. The van der Waals surface area contributed by atoms with Crippen molar-refractivity contribution in [3.8, 4) is 5.75 Å². The highest BCUT2D eigenvalue weighted by molar-refractivity contribution is 7.86. The Balaban J connectivity index is 2.14. The van der Waals surface area contributed by atoms with Gasteiger partial charge in [-0.25, -0.2) is 0 Å². The summed E-state index contributed by atoms with van der Waals surface area (Å²) in [6, 6.07) is 12.0. The van der Waals surface area contributed by atoms with Crippen LogP contribution in [0.25, 0.3) is 10.8 Å². The molecular weight excluding hydrogens is 352 g/mol. The molecule has 0 aliphatic rings. The molecule has 0 unspecified atom stereocenters. The van der Waals surface area contributed by atoms with E-state index < -0.39 is 10.1 Å². The van der Waals surface area contributed by atoms with E-state index in [1.807, 2.05) is 25.1 Å². The maximum Gasteiger partial charge on any atom is 0.296 e. The lowest BCUT2D eigenvalue weighted by Gasteiger charge is -2.08. The zero-order valence-electron chi connectivity index (χ0n) is 14.6. The van der Waals surface area contributed by atoms with Gasteiger partial charge in [-0.15, -0.1) is 10.2 Å². The number of fused-ring (bicyclic) bond motifs is 1. The van der Waals surface area contributed by atoms with Crippen LogP contribution in [0.5, 0.6) is 5.75 Å². The molecule has 0 amide bonds. The van der Waals surface area contributed by atoms with Crippen LogP contribution in [0.1, 0.15) is 16.7 Å². The quantitative estimate of drug-likeness (QED) is 0.493. The average molecular weight is 370 g/mol. The van der Waals surface area contributed by atoms with Gasteiger partial charge in [0.25, 0.3) is 10.1 Å². The minimum absolute atomic E-state index is 0.000836. The van der Waals surface area contributed by atoms with E-state index in [4.69, 9.17) is 0 Å². The van der Waals surface area contributed by atoms with Crippen molar-refractivity contribution in [3.05, 3.63) is 59.2 Å². The third-order valence-electron chi connectivity index (χ3n) is 4.08. The zero-order chi connectivity index (χ0) is 19.1. The van der Waals surface area contributed by atoms with Gasteiger partial charge < -0.3 is 5.11 Å². The maximum atomic E-state index is 11.6. The molecule has 3 rings (SSSR count). The highest BCUT2D eigenvalue weighted by Gasteiger charge is 2.16. The number of aromatic hydroxyl groups is 1. The third-order valence-corrected chi connectivity index (χ3v) is 4.97. The highest BCUT2D eigenvalue weighted by Crippen LogP contribution is 2.39. The summed E-state index contributed by atoms with van der Waals surface area (Å²) in [7, 11) is -4.44. The van der Waals surface area contributed by atoms with Crippen LogP contribution >= 0.6 is 0 Å². The Morgan fingerprint density at radius 2 is 1.54 bits per heavy atom. The Hall–Kier alpha value is -2.77. The van der Waals surface area contributed by atoms with Crippen LogP contribution in [0.15, 0.2) is 57.6 Å². The van der Waals surface area contributed by atoms with Crippen LogP contribution in [0.3, 0.4) is 0 Å². The molecule has 134 valence electrons. The number of phenolic OH excluding ortho intramolecular Hbond substituents is 1. The normalized spacial score (nSPS) is 12.2. The molecular formula is C19H18N2O4S. The Morgan fingerprint density at radius 1 is 0.885 bits per heavy atom. The number of rotatable bonds is 3. The van der Waals surface area contributed by atoms with E-state index in [1.165, 1.54) is 12.1 Å².